The van der Waals surface area contributed by atoms with E-state index in [-0.39, 0.29) is 49.0 Å². The molecule has 0 radical (unpaired) electrons. The van der Waals surface area contributed by atoms with Gasteiger partial charge in [-0.25, -0.2) is 19.7 Å². The van der Waals surface area contributed by atoms with Crippen molar-refractivity contribution in [3.63, 3.8) is 0 Å². The molecule has 0 bridgehead atoms. The largest absolute Gasteiger partial charge is 0.493 e. The number of likely N-dealkylation sites (tertiary alicyclic amines) is 2. The summed E-state index contributed by atoms with van der Waals surface area (Å²) in [6.07, 6.45) is 3.47. The molecule has 7 aromatic rings. The average molecular weight is 1150 g/mol. The van der Waals surface area contributed by atoms with E-state index in [0.717, 1.165) is 92.9 Å². The van der Waals surface area contributed by atoms with Crippen molar-refractivity contribution >= 4 is 73.4 Å². The second kappa shape index (κ2) is 24.9. The summed E-state index contributed by atoms with van der Waals surface area (Å²) >= 11 is 3.00. The predicted molar refractivity (Wildman–Crippen MR) is 320 cm³/mol. The molecule has 10 rings (SSSR count). The Hall–Kier alpha value is -7.58. The Morgan fingerprint density at radius 1 is 0.866 bits per heavy atom. The number of carboxylic acid groups (broad SMARTS) is 1. The zero-order valence-corrected chi connectivity index (χ0v) is 48.9. The highest BCUT2D eigenvalue weighted by Crippen LogP contribution is 2.36. The number of para-hydroxylation sites is 1. The SMILES string of the molecule is Cc1ncsc1-c1ccc([C@H](C)NC(=O)[C@@H]2C[C@@H](O)CN2C(=O)[C@@H](NC(=O)CN2CCC(CCCOc3cccc(-c4ccc(N5CCc6cccc(C(=O)Nc7nc8ccccc8s7)c6C5)nc4C(=O)O)c3C)CC2)C(C)(C)C)cc1. The highest BCUT2D eigenvalue weighted by Gasteiger charge is 2.45. The summed E-state index contributed by atoms with van der Waals surface area (Å²) in [6.45, 7) is 14.5. The lowest BCUT2D eigenvalue weighted by Crippen LogP contribution is -2.59. The van der Waals surface area contributed by atoms with Gasteiger partial charge in [0.05, 0.1) is 51.6 Å². The third-order valence-corrected chi connectivity index (χ3v) is 18.1. The van der Waals surface area contributed by atoms with E-state index >= 15 is 0 Å². The molecule has 4 aromatic carbocycles. The minimum absolute atomic E-state index is 0.00191. The number of β-amino-alcohol motifs (C(OH)–C–C–N with tert-alkyl or cyclic N) is 1. The average Bonchev–Trinajstić information content (AvgIpc) is 4.12. The van der Waals surface area contributed by atoms with Crippen LogP contribution in [0.25, 0.3) is 31.8 Å². The van der Waals surface area contributed by atoms with Crippen molar-refractivity contribution in [3.05, 3.63) is 142 Å². The first-order valence-electron chi connectivity index (χ1n) is 28.2. The number of carbonyl (C=O) groups is 5. The number of fused-ring (bicyclic) bond motifs is 2. The Bertz CT molecular complexity index is 3460. The molecular weight excluding hydrogens is 1070 g/mol. The Morgan fingerprint density at radius 3 is 2.37 bits per heavy atom. The molecule has 3 aliphatic rings. The highest BCUT2D eigenvalue weighted by atomic mass is 32.1. The van der Waals surface area contributed by atoms with E-state index in [0.29, 0.717) is 59.9 Å². The molecule has 0 aliphatic carbocycles. The lowest BCUT2D eigenvalue weighted by Gasteiger charge is -2.36. The van der Waals surface area contributed by atoms with Crippen LogP contribution in [0.5, 0.6) is 5.75 Å². The fourth-order valence-electron chi connectivity index (χ4n) is 11.6. The summed E-state index contributed by atoms with van der Waals surface area (Å²) in [5, 5.41) is 30.9. The molecule has 19 heteroatoms. The van der Waals surface area contributed by atoms with E-state index in [2.05, 4.69) is 30.8 Å². The van der Waals surface area contributed by atoms with Crippen molar-refractivity contribution in [2.45, 2.75) is 111 Å². The van der Waals surface area contributed by atoms with Gasteiger partial charge in [-0.05, 0) is 147 Å². The van der Waals surface area contributed by atoms with Gasteiger partial charge in [-0.1, -0.05) is 92.8 Å². The van der Waals surface area contributed by atoms with Crippen molar-refractivity contribution in [2.24, 2.45) is 11.3 Å². The zero-order valence-electron chi connectivity index (χ0n) is 47.2. The number of hydrogen-bond acceptors (Lipinski definition) is 14. The van der Waals surface area contributed by atoms with E-state index in [9.17, 15) is 34.2 Å². The number of ether oxygens (including phenoxy) is 1. The van der Waals surface area contributed by atoms with Crippen LogP contribution in [-0.4, -0.2) is 122 Å². The first-order valence-corrected chi connectivity index (χ1v) is 29.9. The molecule has 0 spiro atoms. The number of carboxylic acids is 1. The molecule has 3 aromatic heterocycles. The molecule has 2 fully saturated rings. The number of rotatable bonds is 18. The second-order valence-corrected chi connectivity index (χ2v) is 24.8. The van der Waals surface area contributed by atoms with E-state index in [1.807, 2.05) is 149 Å². The van der Waals surface area contributed by atoms with Crippen molar-refractivity contribution in [2.75, 3.05) is 49.5 Å². The Balaban J connectivity index is 0.690. The second-order valence-electron chi connectivity index (χ2n) is 22.9. The van der Waals surface area contributed by atoms with Gasteiger partial charge < -0.3 is 35.4 Å². The van der Waals surface area contributed by atoms with Crippen molar-refractivity contribution < 1.29 is 38.9 Å². The van der Waals surface area contributed by atoms with Gasteiger partial charge in [0.15, 0.2) is 10.8 Å². The summed E-state index contributed by atoms with van der Waals surface area (Å²) in [5.74, 6) is -0.775. The van der Waals surface area contributed by atoms with Crippen LogP contribution in [0.3, 0.4) is 0 Å². The number of benzene rings is 4. The first kappa shape index (κ1) is 57.6. The number of pyridine rings is 1. The van der Waals surface area contributed by atoms with Gasteiger partial charge in [-0.15, -0.1) is 11.3 Å². The van der Waals surface area contributed by atoms with Gasteiger partial charge in [-0.2, -0.15) is 0 Å². The van der Waals surface area contributed by atoms with Crippen LogP contribution in [0, 0.1) is 25.2 Å². The summed E-state index contributed by atoms with van der Waals surface area (Å²) in [5.41, 5.74) is 9.31. The Kier molecular flexibility index (Phi) is 17.5. The highest BCUT2D eigenvalue weighted by molar-refractivity contribution is 7.22. The van der Waals surface area contributed by atoms with Gasteiger partial charge in [-0.3, -0.25) is 29.4 Å². The van der Waals surface area contributed by atoms with Crippen LogP contribution in [0.15, 0.2) is 103 Å². The molecule has 0 saturated carbocycles. The number of hydrogen-bond donors (Lipinski definition) is 5. The van der Waals surface area contributed by atoms with Gasteiger partial charge in [0.2, 0.25) is 17.7 Å². The number of aliphatic hydroxyl groups excluding tert-OH is 1. The maximum atomic E-state index is 14.3. The fourth-order valence-corrected chi connectivity index (χ4v) is 13.2. The van der Waals surface area contributed by atoms with Gasteiger partial charge in [0.1, 0.15) is 23.7 Å². The maximum Gasteiger partial charge on any atom is 0.355 e. The van der Waals surface area contributed by atoms with Crippen molar-refractivity contribution in [3.8, 4) is 27.3 Å². The van der Waals surface area contributed by atoms with Crippen LogP contribution in [0.4, 0.5) is 10.9 Å². The molecule has 0 unspecified atom stereocenters. The summed E-state index contributed by atoms with van der Waals surface area (Å²) in [7, 11) is 0. The quantitative estimate of drug-likeness (QED) is 0.0506. The molecule has 4 atom stereocenters. The molecule has 4 amide bonds. The topological polar surface area (TPSA) is 220 Å². The Labute approximate surface area is 486 Å². The summed E-state index contributed by atoms with van der Waals surface area (Å²) in [6, 6.07) is 28.6. The smallest absolute Gasteiger partial charge is 0.355 e. The molecule has 428 valence electrons. The summed E-state index contributed by atoms with van der Waals surface area (Å²) < 4.78 is 7.34. The number of aromatic nitrogens is 3. The standard InChI is InChI=1S/C63H71N9O8S2/c1-37-45(46-23-24-53(67-55(46)61(78)79)71-30-27-42-13-9-15-47(48(42)34-71)58(75)69-62-66-49-16-7-8-18-52(49)82-62)14-10-17-51(37)80-31-11-12-40-25-28-70(29-26-40)35-54(74)68-57(63(4,5)6)60(77)72-33-44(73)32-50(72)59(76)65-38(2)41-19-21-43(22-20-41)56-39(3)64-36-81-56/h7-10,13-24,36,38,40,44,50,57,73H,11-12,25-35H2,1-6H3,(H,65,76)(H,68,74)(H,78,79)(H,66,69,75)/t38-,44+,50-,57+/m0/s1. The number of piperidine rings is 1. The number of nitrogens with one attached hydrogen (secondary N) is 3. The number of anilines is 2. The van der Waals surface area contributed by atoms with E-state index < -0.39 is 35.5 Å². The molecular formula is C63H71N9O8S2. The molecule has 5 N–H and O–H groups in total. The lowest BCUT2D eigenvalue weighted by molar-refractivity contribution is -0.144. The lowest BCUT2D eigenvalue weighted by atomic mass is 9.85. The fraction of sp³-hybridized carbons (Fsp3) is 0.397. The molecule has 17 nitrogen and oxygen atoms in total. The van der Waals surface area contributed by atoms with E-state index in [1.165, 1.54) is 16.2 Å². The predicted octanol–water partition coefficient (Wildman–Crippen LogP) is 9.85. The van der Waals surface area contributed by atoms with Crippen LogP contribution in [-0.2, 0) is 27.3 Å². The number of nitrogens with zero attached hydrogens (tertiary/aromatic N) is 6. The van der Waals surface area contributed by atoms with Gasteiger partial charge in [0.25, 0.3) is 5.91 Å². The number of carbonyl (C=O) groups excluding carboxylic acids is 4. The first-order chi connectivity index (χ1) is 39.4. The van der Waals surface area contributed by atoms with E-state index in [1.54, 1.807) is 11.3 Å². The summed E-state index contributed by atoms with van der Waals surface area (Å²) in [4.78, 5) is 88.7. The number of aryl methyl sites for hydroxylation is 1. The third-order valence-electron chi connectivity index (χ3n) is 16.2. The van der Waals surface area contributed by atoms with Crippen LogP contribution in [0.1, 0.15) is 115 Å². The van der Waals surface area contributed by atoms with Gasteiger partial charge in [0, 0.05) is 37.2 Å². The van der Waals surface area contributed by atoms with Crippen LogP contribution >= 0.6 is 22.7 Å². The number of aliphatic hydroxyl groups is 1. The maximum absolute atomic E-state index is 14.3. The molecule has 2 saturated heterocycles. The molecule has 3 aliphatic heterocycles. The van der Waals surface area contributed by atoms with Crippen LogP contribution < -0.4 is 25.6 Å². The number of aromatic carboxylic acids is 1. The monoisotopic (exact) mass is 1150 g/mol. The molecule has 6 heterocycles. The minimum atomic E-state index is -1.14. The van der Waals surface area contributed by atoms with Crippen molar-refractivity contribution in [1.82, 2.24) is 35.4 Å². The molecule has 82 heavy (non-hydrogen) atoms. The van der Waals surface area contributed by atoms with Gasteiger partial charge >= 0.3 is 5.97 Å². The Morgan fingerprint density at radius 2 is 1.63 bits per heavy atom. The minimum Gasteiger partial charge on any atom is -0.493 e. The van der Waals surface area contributed by atoms with E-state index in [4.69, 9.17) is 9.72 Å². The zero-order chi connectivity index (χ0) is 57.8. The normalized spacial score (nSPS) is 17.5. The number of amides is 4. The number of thiazole rings is 2. The third kappa shape index (κ3) is 13.0. The van der Waals surface area contributed by atoms with Crippen molar-refractivity contribution in [1.29, 1.82) is 0 Å². The van der Waals surface area contributed by atoms with Crippen LogP contribution in [0.2, 0.25) is 0 Å².